The molecule has 4 unspecified atom stereocenters. The molecular formula is C17H16ClN3. The van der Waals surface area contributed by atoms with Crippen molar-refractivity contribution in [3.63, 3.8) is 0 Å². The van der Waals surface area contributed by atoms with Gasteiger partial charge in [0.1, 0.15) is 5.82 Å². The molecule has 0 radical (unpaired) electrons. The van der Waals surface area contributed by atoms with E-state index in [1.165, 1.54) is 19.3 Å². The third-order valence-corrected chi connectivity index (χ3v) is 6.24. The van der Waals surface area contributed by atoms with Gasteiger partial charge in [0.05, 0.1) is 28.5 Å². The minimum atomic E-state index is 0.446. The lowest BCUT2D eigenvalue weighted by Gasteiger charge is -2.13. The van der Waals surface area contributed by atoms with Gasteiger partial charge in [-0.05, 0) is 61.1 Å². The summed E-state index contributed by atoms with van der Waals surface area (Å²) in [5, 5.41) is 9.16. The highest BCUT2D eigenvalue weighted by Crippen LogP contribution is 2.72. The van der Waals surface area contributed by atoms with E-state index < -0.39 is 0 Å². The average Bonchev–Trinajstić information content (AvgIpc) is 2.89. The summed E-state index contributed by atoms with van der Waals surface area (Å²) in [6.07, 6.45) is 4.27. The summed E-state index contributed by atoms with van der Waals surface area (Å²) in [6.45, 7) is 0. The first kappa shape index (κ1) is 12.1. The summed E-state index contributed by atoms with van der Waals surface area (Å²) < 4.78 is 2.36. The molecule has 21 heavy (non-hydrogen) atoms. The van der Waals surface area contributed by atoms with Gasteiger partial charge < -0.3 is 4.57 Å². The third-order valence-electron chi connectivity index (χ3n) is 6.00. The molecule has 5 rings (SSSR count). The van der Waals surface area contributed by atoms with Crippen molar-refractivity contribution >= 4 is 22.6 Å². The van der Waals surface area contributed by atoms with Gasteiger partial charge in [0.15, 0.2) is 0 Å². The number of nitrogens with zero attached hydrogens (tertiary/aromatic N) is 3. The lowest BCUT2D eigenvalue weighted by molar-refractivity contribution is 0.454. The first-order chi connectivity index (χ1) is 10.3. The Labute approximate surface area is 128 Å². The van der Waals surface area contributed by atoms with Crippen LogP contribution in [0.5, 0.6) is 0 Å². The van der Waals surface area contributed by atoms with Crippen molar-refractivity contribution in [2.45, 2.75) is 31.2 Å². The quantitative estimate of drug-likeness (QED) is 0.790. The number of hydrogen-bond acceptors (Lipinski definition) is 2. The molecule has 3 nitrogen and oxygen atoms in total. The maximum absolute atomic E-state index is 9.16. The number of fused-ring (bicyclic) bond motifs is 6. The second-order valence-corrected chi connectivity index (χ2v) is 7.09. The fourth-order valence-electron chi connectivity index (χ4n) is 5.26. The van der Waals surface area contributed by atoms with Crippen LogP contribution in [0.25, 0.3) is 11.0 Å². The molecule has 2 aromatic rings. The molecule has 1 heterocycles. The summed E-state index contributed by atoms with van der Waals surface area (Å²) in [7, 11) is 0. The molecule has 4 atom stereocenters. The zero-order chi connectivity index (χ0) is 14.1. The molecule has 1 aromatic carbocycles. The van der Waals surface area contributed by atoms with Crippen molar-refractivity contribution in [2.24, 2.45) is 23.7 Å². The van der Waals surface area contributed by atoms with Crippen molar-refractivity contribution in [1.29, 1.82) is 5.26 Å². The Balaban J connectivity index is 1.67. The highest BCUT2D eigenvalue weighted by Gasteiger charge is 2.66. The van der Waals surface area contributed by atoms with E-state index >= 15 is 0 Å². The second kappa shape index (κ2) is 4.01. The van der Waals surface area contributed by atoms with Crippen molar-refractivity contribution in [3.8, 4) is 6.07 Å². The van der Waals surface area contributed by atoms with Gasteiger partial charge in [0, 0.05) is 6.04 Å². The number of hydrogen-bond donors (Lipinski definition) is 0. The van der Waals surface area contributed by atoms with Gasteiger partial charge in [-0.15, -0.1) is 11.6 Å². The topological polar surface area (TPSA) is 41.6 Å². The minimum Gasteiger partial charge on any atom is -0.323 e. The van der Waals surface area contributed by atoms with Crippen LogP contribution in [0.2, 0.25) is 0 Å². The van der Waals surface area contributed by atoms with Crippen molar-refractivity contribution < 1.29 is 0 Å². The molecule has 0 saturated heterocycles. The van der Waals surface area contributed by atoms with E-state index in [9.17, 15) is 0 Å². The number of benzene rings is 1. The Bertz CT molecular complexity index is 771. The fraction of sp³-hybridized carbons (Fsp3) is 0.529. The van der Waals surface area contributed by atoms with E-state index in [1.807, 2.05) is 18.2 Å². The number of alkyl halides is 1. The summed E-state index contributed by atoms with van der Waals surface area (Å²) in [5.41, 5.74) is 2.78. The van der Waals surface area contributed by atoms with Crippen LogP contribution in [0.3, 0.4) is 0 Å². The highest BCUT2D eigenvalue weighted by molar-refractivity contribution is 6.16. The minimum absolute atomic E-state index is 0.446. The molecule has 0 aliphatic heterocycles. The Morgan fingerprint density at radius 1 is 1.29 bits per heavy atom. The van der Waals surface area contributed by atoms with Crippen molar-refractivity contribution in [3.05, 3.63) is 29.6 Å². The molecule has 1 aromatic heterocycles. The number of nitriles is 1. The number of aromatic nitrogens is 2. The van der Waals surface area contributed by atoms with Crippen LogP contribution in [-0.2, 0) is 5.88 Å². The van der Waals surface area contributed by atoms with E-state index in [0.29, 0.717) is 17.5 Å². The second-order valence-electron chi connectivity index (χ2n) is 6.83. The summed E-state index contributed by atoms with van der Waals surface area (Å²) in [6, 6.07) is 8.60. The maximum Gasteiger partial charge on any atom is 0.125 e. The van der Waals surface area contributed by atoms with Gasteiger partial charge in [0.25, 0.3) is 0 Å². The molecular weight excluding hydrogens is 282 g/mol. The Kier molecular flexibility index (Phi) is 2.31. The predicted octanol–water partition coefficient (Wildman–Crippen LogP) is 3.86. The Hall–Kier alpha value is -1.53. The SMILES string of the molecule is N#Cc1ccc2nc(CCl)n(C3C4C5CCC(C5)C43)c2c1. The van der Waals surface area contributed by atoms with Gasteiger partial charge in [-0.1, -0.05) is 0 Å². The molecule has 0 amide bonds. The van der Waals surface area contributed by atoms with E-state index in [2.05, 4.69) is 15.6 Å². The number of imidazole rings is 1. The smallest absolute Gasteiger partial charge is 0.125 e. The summed E-state index contributed by atoms with van der Waals surface area (Å²) >= 11 is 6.15. The molecule has 0 spiro atoms. The maximum atomic E-state index is 9.16. The third kappa shape index (κ3) is 1.47. The van der Waals surface area contributed by atoms with Crippen LogP contribution in [0.4, 0.5) is 0 Å². The molecule has 4 heteroatoms. The van der Waals surface area contributed by atoms with Crippen LogP contribution in [0.15, 0.2) is 18.2 Å². The Morgan fingerprint density at radius 2 is 2.05 bits per heavy atom. The number of rotatable bonds is 2. The molecule has 2 bridgehead atoms. The number of halogens is 1. The molecule has 3 aliphatic rings. The fourth-order valence-corrected chi connectivity index (χ4v) is 5.45. The lowest BCUT2D eigenvalue weighted by atomic mass is 10.0. The summed E-state index contributed by atoms with van der Waals surface area (Å²) in [4.78, 5) is 4.69. The Morgan fingerprint density at radius 3 is 2.71 bits per heavy atom. The standard InChI is InChI=1S/C17H16ClN3/c18-7-14-20-12-4-1-9(8-19)5-13(12)21(14)17-15-10-2-3-11(6-10)16(15)17/h1,4-5,10-11,15-17H,2-3,6-7H2. The van der Waals surface area contributed by atoms with Crippen molar-refractivity contribution in [1.82, 2.24) is 9.55 Å². The van der Waals surface area contributed by atoms with Gasteiger partial charge in [-0.25, -0.2) is 4.98 Å². The molecule has 3 saturated carbocycles. The van der Waals surface area contributed by atoms with Crippen LogP contribution >= 0.6 is 11.6 Å². The van der Waals surface area contributed by atoms with E-state index in [1.54, 1.807) is 0 Å². The zero-order valence-corrected chi connectivity index (χ0v) is 12.4. The normalized spacial score (nSPS) is 35.9. The average molecular weight is 298 g/mol. The lowest BCUT2D eigenvalue weighted by Crippen LogP contribution is -2.07. The highest BCUT2D eigenvalue weighted by atomic mass is 35.5. The molecule has 106 valence electrons. The van der Waals surface area contributed by atoms with Crippen LogP contribution in [-0.4, -0.2) is 9.55 Å². The van der Waals surface area contributed by atoms with E-state index in [-0.39, 0.29) is 0 Å². The molecule has 0 N–H and O–H groups in total. The van der Waals surface area contributed by atoms with Crippen molar-refractivity contribution in [2.75, 3.05) is 0 Å². The first-order valence-corrected chi connectivity index (χ1v) is 8.32. The van der Waals surface area contributed by atoms with Crippen LogP contribution < -0.4 is 0 Å². The van der Waals surface area contributed by atoms with Gasteiger partial charge in [-0.3, -0.25) is 0 Å². The van der Waals surface area contributed by atoms with Gasteiger partial charge in [0.2, 0.25) is 0 Å². The predicted molar refractivity (Wildman–Crippen MR) is 80.9 cm³/mol. The van der Waals surface area contributed by atoms with E-state index in [0.717, 1.165) is 40.5 Å². The molecule has 3 aliphatic carbocycles. The van der Waals surface area contributed by atoms with Gasteiger partial charge in [-0.2, -0.15) is 5.26 Å². The van der Waals surface area contributed by atoms with Crippen LogP contribution in [0.1, 0.15) is 36.7 Å². The van der Waals surface area contributed by atoms with Crippen LogP contribution in [0, 0.1) is 35.0 Å². The van der Waals surface area contributed by atoms with Gasteiger partial charge >= 0.3 is 0 Å². The largest absolute Gasteiger partial charge is 0.323 e. The first-order valence-electron chi connectivity index (χ1n) is 7.78. The van der Waals surface area contributed by atoms with E-state index in [4.69, 9.17) is 16.9 Å². The summed E-state index contributed by atoms with van der Waals surface area (Å²) in [5.74, 6) is 4.94. The monoisotopic (exact) mass is 297 g/mol. The molecule has 3 fully saturated rings. The zero-order valence-electron chi connectivity index (χ0n) is 11.7.